The van der Waals surface area contributed by atoms with Gasteiger partial charge in [0.05, 0.1) is 14.2 Å². The number of carbonyl (C=O) groups is 2. The maximum Gasteiger partial charge on any atom is 0.342 e. The van der Waals surface area contributed by atoms with Crippen molar-refractivity contribution in [2.75, 3.05) is 14.2 Å². The van der Waals surface area contributed by atoms with Gasteiger partial charge >= 0.3 is 11.9 Å². The van der Waals surface area contributed by atoms with E-state index in [-0.39, 0.29) is 22.6 Å². The minimum atomic E-state index is -0.718. The van der Waals surface area contributed by atoms with Crippen molar-refractivity contribution in [3.8, 4) is 22.6 Å². The van der Waals surface area contributed by atoms with Crippen molar-refractivity contribution < 1.29 is 23.5 Å². The van der Waals surface area contributed by atoms with Crippen molar-refractivity contribution >= 4 is 35.1 Å². The van der Waals surface area contributed by atoms with Gasteiger partial charge in [-0.15, -0.1) is 0 Å². The van der Waals surface area contributed by atoms with Crippen molar-refractivity contribution in [2.45, 2.75) is 0 Å². The van der Waals surface area contributed by atoms with Crippen LogP contribution >= 0.6 is 23.2 Å². The van der Waals surface area contributed by atoms with Crippen LogP contribution in [0.15, 0.2) is 52.9 Å². The molecule has 0 N–H and O–H groups in total. The average Bonchev–Trinajstić information content (AvgIpc) is 3.08. The van der Waals surface area contributed by atoms with E-state index in [1.54, 1.807) is 48.5 Å². The van der Waals surface area contributed by atoms with E-state index >= 15 is 0 Å². The lowest BCUT2D eigenvalue weighted by atomic mass is 10.0. The van der Waals surface area contributed by atoms with E-state index in [4.69, 9.17) is 37.1 Å². The van der Waals surface area contributed by atoms with E-state index < -0.39 is 11.9 Å². The van der Waals surface area contributed by atoms with Crippen LogP contribution in [0.1, 0.15) is 20.7 Å². The summed E-state index contributed by atoms with van der Waals surface area (Å²) in [5.74, 6) is -1.07. The zero-order chi connectivity index (χ0) is 19.6. The van der Waals surface area contributed by atoms with E-state index in [0.717, 1.165) is 0 Å². The van der Waals surface area contributed by atoms with Crippen molar-refractivity contribution in [2.24, 2.45) is 0 Å². The molecule has 0 radical (unpaired) electrons. The highest BCUT2D eigenvalue weighted by atomic mass is 35.5. The van der Waals surface area contributed by atoms with Gasteiger partial charge < -0.3 is 13.9 Å². The number of rotatable bonds is 4. The largest absolute Gasteiger partial charge is 0.465 e. The molecule has 0 saturated heterocycles. The number of halogens is 2. The minimum Gasteiger partial charge on any atom is -0.465 e. The van der Waals surface area contributed by atoms with Crippen LogP contribution in [0.25, 0.3) is 22.6 Å². The average molecular weight is 405 g/mol. The lowest BCUT2D eigenvalue weighted by molar-refractivity contribution is 0.0558. The van der Waals surface area contributed by atoms with Crippen LogP contribution in [-0.4, -0.2) is 26.2 Å². The lowest BCUT2D eigenvalue weighted by Crippen LogP contribution is -2.11. The Morgan fingerprint density at radius 3 is 1.33 bits per heavy atom. The number of benzene rings is 2. The topological polar surface area (TPSA) is 65.7 Å². The number of hydrogen-bond acceptors (Lipinski definition) is 5. The molecule has 138 valence electrons. The van der Waals surface area contributed by atoms with Crippen LogP contribution in [0.2, 0.25) is 10.0 Å². The first kappa shape index (κ1) is 19.0. The molecule has 0 saturated carbocycles. The number of methoxy groups -OCH3 is 2. The highest BCUT2D eigenvalue weighted by molar-refractivity contribution is 6.31. The zero-order valence-corrected chi connectivity index (χ0v) is 15.9. The second kappa shape index (κ2) is 7.86. The molecule has 5 nitrogen and oxygen atoms in total. The molecule has 0 aliphatic heterocycles. The van der Waals surface area contributed by atoms with Gasteiger partial charge in [0.15, 0.2) is 0 Å². The highest BCUT2D eigenvalue weighted by Gasteiger charge is 2.32. The summed E-state index contributed by atoms with van der Waals surface area (Å²) in [7, 11) is 2.45. The van der Waals surface area contributed by atoms with Gasteiger partial charge in [-0.05, 0) is 48.5 Å². The monoisotopic (exact) mass is 404 g/mol. The molecule has 3 aromatic rings. The molecule has 0 atom stereocenters. The molecule has 2 aromatic carbocycles. The first-order valence-electron chi connectivity index (χ1n) is 7.81. The van der Waals surface area contributed by atoms with Gasteiger partial charge in [-0.1, -0.05) is 23.2 Å². The standard InChI is InChI=1S/C20H14Cl2O5/c1-25-19(23)15-16(20(24)26-2)18(12-5-9-14(22)10-6-12)27-17(15)11-3-7-13(21)8-4-11/h3-10H,1-2H3. The fourth-order valence-corrected chi connectivity index (χ4v) is 2.89. The predicted molar refractivity (Wildman–Crippen MR) is 102 cm³/mol. The molecular formula is C20H14Cl2O5. The van der Waals surface area contributed by atoms with Gasteiger partial charge in [-0.3, -0.25) is 0 Å². The molecule has 0 bridgehead atoms. The molecule has 0 aliphatic rings. The maximum absolute atomic E-state index is 12.5. The van der Waals surface area contributed by atoms with E-state index in [1.165, 1.54) is 14.2 Å². The molecule has 0 aliphatic carbocycles. The number of carbonyl (C=O) groups excluding carboxylic acids is 2. The summed E-state index contributed by atoms with van der Waals surface area (Å²) in [5.41, 5.74) is 1.09. The molecule has 3 rings (SSSR count). The first-order valence-corrected chi connectivity index (χ1v) is 8.57. The molecular weight excluding hydrogens is 391 g/mol. The van der Waals surface area contributed by atoms with Gasteiger partial charge in [-0.25, -0.2) is 9.59 Å². The smallest absolute Gasteiger partial charge is 0.342 e. The molecule has 0 fully saturated rings. The normalized spacial score (nSPS) is 10.5. The third-order valence-electron chi connectivity index (χ3n) is 3.90. The van der Waals surface area contributed by atoms with Gasteiger partial charge in [0.2, 0.25) is 0 Å². The Kier molecular flexibility index (Phi) is 5.54. The molecule has 27 heavy (non-hydrogen) atoms. The Bertz CT molecular complexity index is 908. The number of furan rings is 1. The lowest BCUT2D eigenvalue weighted by Gasteiger charge is -2.04. The Labute approximate surface area is 165 Å². The van der Waals surface area contributed by atoms with Crippen molar-refractivity contribution in [3.63, 3.8) is 0 Å². The summed E-state index contributed by atoms with van der Waals surface area (Å²) >= 11 is 11.9. The van der Waals surface area contributed by atoms with Crippen molar-refractivity contribution in [1.82, 2.24) is 0 Å². The Balaban J connectivity index is 2.33. The van der Waals surface area contributed by atoms with E-state index in [9.17, 15) is 9.59 Å². The fraction of sp³-hybridized carbons (Fsp3) is 0.100. The SMILES string of the molecule is COC(=O)c1c(-c2ccc(Cl)cc2)oc(-c2ccc(Cl)cc2)c1C(=O)OC. The maximum atomic E-state index is 12.5. The number of hydrogen-bond donors (Lipinski definition) is 0. The van der Waals surface area contributed by atoms with Crippen LogP contribution in [0.5, 0.6) is 0 Å². The zero-order valence-electron chi connectivity index (χ0n) is 14.4. The van der Waals surface area contributed by atoms with E-state index in [2.05, 4.69) is 0 Å². The van der Waals surface area contributed by atoms with Gasteiger partial charge in [0.25, 0.3) is 0 Å². The molecule has 1 heterocycles. The van der Waals surface area contributed by atoms with Crippen LogP contribution in [-0.2, 0) is 9.47 Å². The second-order valence-electron chi connectivity index (χ2n) is 5.51. The van der Waals surface area contributed by atoms with Gasteiger partial charge in [-0.2, -0.15) is 0 Å². The summed E-state index contributed by atoms with van der Waals surface area (Å²) in [6, 6.07) is 13.3. The van der Waals surface area contributed by atoms with Gasteiger partial charge in [0, 0.05) is 21.2 Å². The number of ether oxygens (including phenoxy) is 2. The summed E-state index contributed by atoms with van der Waals surface area (Å²) in [4.78, 5) is 25.0. The fourth-order valence-electron chi connectivity index (χ4n) is 2.63. The first-order chi connectivity index (χ1) is 13.0. The Morgan fingerprint density at radius 2 is 1.04 bits per heavy atom. The second-order valence-corrected chi connectivity index (χ2v) is 6.38. The summed E-state index contributed by atoms with van der Waals surface area (Å²) < 4.78 is 15.7. The van der Waals surface area contributed by atoms with E-state index in [0.29, 0.717) is 21.2 Å². The summed E-state index contributed by atoms with van der Waals surface area (Å²) in [5, 5.41) is 1.05. The predicted octanol–water partition coefficient (Wildman–Crippen LogP) is 5.49. The van der Waals surface area contributed by atoms with Crippen LogP contribution in [0, 0.1) is 0 Å². The quantitative estimate of drug-likeness (QED) is 0.537. The third-order valence-corrected chi connectivity index (χ3v) is 4.40. The van der Waals surface area contributed by atoms with Crippen LogP contribution in [0.4, 0.5) is 0 Å². The highest BCUT2D eigenvalue weighted by Crippen LogP contribution is 2.38. The Morgan fingerprint density at radius 1 is 0.704 bits per heavy atom. The molecule has 7 heteroatoms. The van der Waals surface area contributed by atoms with Crippen molar-refractivity contribution in [1.29, 1.82) is 0 Å². The molecule has 0 spiro atoms. The third kappa shape index (κ3) is 3.70. The Hall–Kier alpha value is -2.76. The van der Waals surface area contributed by atoms with Gasteiger partial charge in [0.1, 0.15) is 22.6 Å². The summed E-state index contributed by atoms with van der Waals surface area (Å²) in [6.45, 7) is 0. The van der Waals surface area contributed by atoms with E-state index in [1.807, 2.05) is 0 Å². The van der Waals surface area contributed by atoms with Crippen molar-refractivity contribution in [3.05, 3.63) is 69.7 Å². The van der Waals surface area contributed by atoms with Crippen LogP contribution < -0.4 is 0 Å². The molecule has 1 aromatic heterocycles. The summed E-state index contributed by atoms with van der Waals surface area (Å²) in [6.07, 6.45) is 0. The minimum absolute atomic E-state index is 0.0170. The molecule has 0 unspecified atom stereocenters. The number of esters is 2. The molecule has 0 amide bonds. The van der Waals surface area contributed by atoms with Crippen LogP contribution in [0.3, 0.4) is 0 Å².